The molecule has 0 aliphatic carbocycles. The Morgan fingerprint density at radius 1 is 1.43 bits per heavy atom. The molecule has 1 saturated heterocycles. The van der Waals surface area contributed by atoms with Crippen molar-refractivity contribution in [1.82, 2.24) is 14.8 Å². The van der Waals surface area contributed by atoms with E-state index in [9.17, 15) is 4.79 Å². The van der Waals surface area contributed by atoms with Crippen LogP contribution >= 0.6 is 0 Å². The zero-order valence-electron chi connectivity index (χ0n) is 13.3. The predicted molar refractivity (Wildman–Crippen MR) is 85.6 cm³/mol. The summed E-state index contributed by atoms with van der Waals surface area (Å²) in [5.74, 6) is 0.0639. The zero-order valence-corrected chi connectivity index (χ0v) is 13.3. The van der Waals surface area contributed by atoms with E-state index >= 15 is 0 Å². The largest absolute Gasteiger partial charge is 0.385 e. The number of rotatable bonds is 5. The van der Waals surface area contributed by atoms with E-state index < -0.39 is 0 Å². The van der Waals surface area contributed by atoms with Crippen LogP contribution in [0.25, 0.3) is 0 Å². The Balaban J connectivity index is 2.06. The van der Waals surface area contributed by atoms with Gasteiger partial charge in [0.25, 0.3) is 5.91 Å². The van der Waals surface area contributed by atoms with Crippen molar-refractivity contribution in [3.63, 3.8) is 0 Å². The highest BCUT2D eigenvalue weighted by Gasteiger charge is 2.26. The van der Waals surface area contributed by atoms with Crippen molar-refractivity contribution in [3.05, 3.63) is 24.0 Å². The van der Waals surface area contributed by atoms with Crippen LogP contribution in [0.5, 0.6) is 0 Å². The molecule has 0 bridgehead atoms. The van der Waals surface area contributed by atoms with Gasteiger partial charge in [-0.2, -0.15) is 0 Å². The van der Waals surface area contributed by atoms with Gasteiger partial charge in [0.1, 0.15) is 0 Å². The monoisotopic (exact) mass is 290 g/mol. The summed E-state index contributed by atoms with van der Waals surface area (Å²) in [5, 5.41) is 3.24. The quantitative estimate of drug-likeness (QED) is 0.902. The molecule has 0 radical (unpaired) electrons. The molecule has 1 N–H and O–H groups in total. The molecule has 0 saturated carbocycles. The van der Waals surface area contributed by atoms with Crippen LogP contribution in [0.3, 0.4) is 0 Å². The summed E-state index contributed by atoms with van der Waals surface area (Å²) >= 11 is 0. The summed E-state index contributed by atoms with van der Waals surface area (Å²) < 4.78 is 0. The highest BCUT2D eigenvalue weighted by Crippen LogP contribution is 2.20. The lowest BCUT2D eigenvalue weighted by molar-refractivity contribution is 0.0647. The van der Waals surface area contributed by atoms with Gasteiger partial charge in [-0.3, -0.25) is 9.78 Å². The first-order valence-corrected chi connectivity index (χ1v) is 7.84. The number of nitrogens with one attached hydrogen (secondary N) is 1. The molecule has 1 fully saturated rings. The van der Waals surface area contributed by atoms with Gasteiger partial charge in [-0.05, 0) is 32.4 Å². The van der Waals surface area contributed by atoms with Gasteiger partial charge in [0.15, 0.2) is 0 Å². The molecule has 2 heterocycles. The van der Waals surface area contributed by atoms with Gasteiger partial charge in [-0.25, -0.2) is 0 Å². The Morgan fingerprint density at radius 2 is 2.14 bits per heavy atom. The smallest absolute Gasteiger partial charge is 0.257 e. The lowest BCUT2D eigenvalue weighted by atomic mass is 10.0. The lowest BCUT2D eigenvalue weighted by Crippen LogP contribution is -2.45. The number of piperidine rings is 1. The lowest BCUT2D eigenvalue weighted by Gasteiger charge is -2.36. The molecule has 0 aromatic carbocycles. The third-order valence-electron chi connectivity index (χ3n) is 4.29. The average molecular weight is 290 g/mol. The van der Waals surface area contributed by atoms with E-state index in [4.69, 9.17) is 0 Å². The molecule has 5 nitrogen and oxygen atoms in total. The minimum absolute atomic E-state index is 0.0639. The van der Waals surface area contributed by atoms with E-state index in [1.807, 2.05) is 24.9 Å². The van der Waals surface area contributed by atoms with Crippen LogP contribution in [-0.2, 0) is 0 Å². The SMILES string of the molecule is CCNc1ccncc1C(=O)N(C)C1CCN(CC)CC1. The number of carbonyl (C=O) groups excluding carboxylic acids is 1. The summed E-state index contributed by atoms with van der Waals surface area (Å²) in [4.78, 5) is 21.2. The third kappa shape index (κ3) is 3.73. The molecular weight excluding hydrogens is 264 g/mol. The summed E-state index contributed by atoms with van der Waals surface area (Å²) in [6, 6.07) is 2.19. The Morgan fingerprint density at radius 3 is 2.76 bits per heavy atom. The first-order valence-electron chi connectivity index (χ1n) is 7.84. The highest BCUT2D eigenvalue weighted by atomic mass is 16.2. The van der Waals surface area contributed by atoms with Crippen molar-refractivity contribution in [2.24, 2.45) is 0 Å². The van der Waals surface area contributed by atoms with Crippen LogP contribution < -0.4 is 5.32 Å². The van der Waals surface area contributed by atoms with E-state index in [0.29, 0.717) is 11.6 Å². The fourth-order valence-corrected chi connectivity index (χ4v) is 2.89. The van der Waals surface area contributed by atoms with Crippen LogP contribution in [0, 0.1) is 0 Å². The number of carbonyl (C=O) groups is 1. The van der Waals surface area contributed by atoms with Gasteiger partial charge < -0.3 is 15.1 Å². The van der Waals surface area contributed by atoms with Gasteiger partial charge in [-0.15, -0.1) is 0 Å². The third-order valence-corrected chi connectivity index (χ3v) is 4.29. The fraction of sp³-hybridized carbons (Fsp3) is 0.625. The molecular formula is C16H26N4O. The number of aromatic nitrogens is 1. The molecule has 1 aliphatic rings. The number of likely N-dealkylation sites (tertiary alicyclic amines) is 1. The molecule has 1 aromatic rings. The molecule has 0 atom stereocenters. The number of nitrogens with zero attached hydrogens (tertiary/aromatic N) is 3. The normalized spacial score (nSPS) is 16.7. The summed E-state index contributed by atoms with van der Waals surface area (Å²) in [6.45, 7) is 8.25. The Hall–Kier alpha value is -1.62. The van der Waals surface area contributed by atoms with Crippen molar-refractivity contribution < 1.29 is 4.79 Å². The predicted octanol–water partition coefficient (Wildman–Crippen LogP) is 2.07. The molecule has 1 aromatic heterocycles. The summed E-state index contributed by atoms with van der Waals surface area (Å²) in [7, 11) is 1.91. The first kappa shape index (κ1) is 15.8. The zero-order chi connectivity index (χ0) is 15.2. The van der Waals surface area contributed by atoms with Gasteiger partial charge >= 0.3 is 0 Å². The molecule has 116 valence electrons. The van der Waals surface area contributed by atoms with Crippen molar-refractivity contribution in [2.75, 3.05) is 38.5 Å². The van der Waals surface area contributed by atoms with E-state index in [1.165, 1.54) is 0 Å². The second-order valence-corrected chi connectivity index (χ2v) is 5.53. The van der Waals surface area contributed by atoms with Gasteiger partial charge in [0.05, 0.1) is 11.3 Å². The van der Waals surface area contributed by atoms with E-state index in [2.05, 4.69) is 22.1 Å². The van der Waals surface area contributed by atoms with Crippen molar-refractivity contribution in [2.45, 2.75) is 32.7 Å². The number of hydrogen-bond donors (Lipinski definition) is 1. The second kappa shape index (κ2) is 7.41. The maximum atomic E-state index is 12.7. The molecule has 0 spiro atoms. The second-order valence-electron chi connectivity index (χ2n) is 5.53. The van der Waals surface area contributed by atoms with Crippen LogP contribution in [0.15, 0.2) is 18.5 Å². The van der Waals surface area contributed by atoms with Crippen molar-refractivity contribution in [1.29, 1.82) is 0 Å². The summed E-state index contributed by atoms with van der Waals surface area (Å²) in [5.41, 5.74) is 1.54. The van der Waals surface area contributed by atoms with Crippen LogP contribution in [0.2, 0.25) is 0 Å². The Bertz CT molecular complexity index is 469. The topological polar surface area (TPSA) is 48.5 Å². The van der Waals surface area contributed by atoms with Crippen LogP contribution in [-0.4, -0.2) is 60.0 Å². The molecule has 2 rings (SSSR count). The highest BCUT2D eigenvalue weighted by molar-refractivity contribution is 5.99. The molecule has 21 heavy (non-hydrogen) atoms. The van der Waals surface area contributed by atoms with Crippen LogP contribution in [0.1, 0.15) is 37.0 Å². The fourth-order valence-electron chi connectivity index (χ4n) is 2.89. The molecule has 1 aliphatic heterocycles. The Kier molecular flexibility index (Phi) is 5.56. The van der Waals surface area contributed by atoms with Gasteiger partial charge in [-0.1, -0.05) is 6.92 Å². The Labute approximate surface area is 127 Å². The van der Waals surface area contributed by atoms with Crippen molar-refractivity contribution >= 4 is 11.6 Å². The molecule has 5 heteroatoms. The maximum Gasteiger partial charge on any atom is 0.257 e. The van der Waals surface area contributed by atoms with Gasteiger partial charge in [0.2, 0.25) is 0 Å². The number of anilines is 1. The number of hydrogen-bond acceptors (Lipinski definition) is 4. The van der Waals surface area contributed by atoms with E-state index in [1.54, 1.807) is 12.4 Å². The number of pyridine rings is 1. The first-order chi connectivity index (χ1) is 10.2. The maximum absolute atomic E-state index is 12.7. The molecule has 1 amide bonds. The van der Waals surface area contributed by atoms with Crippen LogP contribution in [0.4, 0.5) is 5.69 Å². The average Bonchev–Trinajstić information content (AvgIpc) is 2.54. The number of amides is 1. The minimum Gasteiger partial charge on any atom is -0.385 e. The standard InChI is InChI=1S/C16H26N4O/c1-4-18-15-6-9-17-12-14(15)16(21)19(3)13-7-10-20(5-2)11-8-13/h6,9,12-13H,4-5,7-8,10-11H2,1-3H3,(H,17,18). The minimum atomic E-state index is 0.0639. The molecule has 0 unspecified atom stereocenters. The summed E-state index contributed by atoms with van der Waals surface area (Å²) in [6.07, 6.45) is 5.48. The van der Waals surface area contributed by atoms with Gasteiger partial charge in [0, 0.05) is 45.1 Å². The van der Waals surface area contributed by atoms with Crippen molar-refractivity contribution in [3.8, 4) is 0 Å². The van der Waals surface area contributed by atoms with E-state index in [0.717, 1.165) is 44.7 Å². The van der Waals surface area contributed by atoms with E-state index in [-0.39, 0.29) is 5.91 Å².